The summed E-state index contributed by atoms with van der Waals surface area (Å²) in [6.07, 6.45) is 3.45. The van der Waals surface area contributed by atoms with Crippen molar-refractivity contribution in [1.29, 1.82) is 0 Å². The van der Waals surface area contributed by atoms with Crippen molar-refractivity contribution < 1.29 is 0 Å². The predicted molar refractivity (Wildman–Crippen MR) is 72.4 cm³/mol. The van der Waals surface area contributed by atoms with Gasteiger partial charge in [0.15, 0.2) is 0 Å². The Hall–Kier alpha value is 0.140. The van der Waals surface area contributed by atoms with Gasteiger partial charge in [0, 0.05) is 10.9 Å². The van der Waals surface area contributed by atoms with E-state index in [1.165, 1.54) is 15.1 Å². The largest absolute Gasteiger partial charge is 0.327 e. The van der Waals surface area contributed by atoms with Crippen LogP contribution in [0, 0.1) is 5.41 Å². The second kappa shape index (κ2) is 5.46. The van der Waals surface area contributed by atoms with E-state index in [1.807, 2.05) is 11.3 Å². The molecule has 15 heavy (non-hydrogen) atoms. The molecule has 3 heteroatoms. The van der Waals surface area contributed by atoms with Crippen LogP contribution in [0.25, 0.3) is 0 Å². The Bertz CT molecular complexity index is 301. The minimum absolute atomic E-state index is 0.232. The molecule has 0 saturated heterocycles. The summed E-state index contributed by atoms with van der Waals surface area (Å²) < 4.78 is 1.22. The van der Waals surface area contributed by atoms with E-state index >= 15 is 0 Å². The normalized spacial score (nSPS) is 14.2. The molecular formula is C12H20BrNS. The molecule has 0 aromatic carbocycles. The molecule has 0 fully saturated rings. The predicted octanol–water partition coefficient (Wildman–Crippen LogP) is 4.21. The van der Waals surface area contributed by atoms with E-state index in [9.17, 15) is 0 Å². The van der Waals surface area contributed by atoms with Gasteiger partial charge in [-0.05, 0) is 52.7 Å². The first-order chi connectivity index (χ1) is 6.89. The highest BCUT2D eigenvalue weighted by molar-refractivity contribution is 9.11. The first-order valence-corrected chi connectivity index (χ1v) is 7.00. The van der Waals surface area contributed by atoms with E-state index in [-0.39, 0.29) is 5.41 Å². The van der Waals surface area contributed by atoms with E-state index in [2.05, 4.69) is 48.8 Å². The van der Waals surface area contributed by atoms with Gasteiger partial charge in [0.2, 0.25) is 0 Å². The summed E-state index contributed by atoms with van der Waals surface area (Å²) in [7, 11) is 0. The molecule has 1 rings (SSSR count). The SMILES string of the molecule is CC(C)(C)C(N)CCCc1ccc(Br)s1. The van der Waals surface area contributed by atoms with Gasteiger partial charge in [-0.25, -0.2) is 0 Å². The van der Waals surface area contributed by atoms with Crippen molar-refractivity contribution in [3.8, 4) is 0 Å². The monoisotopic (exact) mass is 289 g/mol. The molecule has 0 radical (unpaired) electrons. The molecule has 1 aromatic rings. The topological polar surface area (TPSA) is 26.0 Å². The summed E-state index contributed by atoms with van der Waals surface area (Å²) in [6, 6.07) is 4.61. The van der Waals surface area contributed by atoms with Gasteiger partial charge < -0.3 is 5.73 Å². The van der Waals surface area contributed by atoms with Crippen molar-refractivity contribution in [3.63, 3.8) is 0 Å². The summed E-state index contributed by atoms with van der Waals surface area (Å²) in [5.41, 5.74) is 6.35. The van der Waals surface area contributed by atoms with Crippen molar-refractivity contribution in [1.82, 2.24) is 0 Å². The fourth-order valence-corrected chi connectivity index (χ4v) is 2.94. The molecule has 1 nitrogen and oxygen atoms in total. The van der Waals surface area contributed by atoms with Crippen LogP contribution in [0.2, 0.25) is 0 Å². The fraction of sp³-hybridized carbons (Fsp3) is 0.667. The van der Waals surface area contributed by atoms with Crippen LogP contribution in [0.1, 0.15) is 38.5 Å². The quantitative estimate of drug-likeness (QED) is 0.883. The van der Waals surface area contributed by atoms with E-state index in [0.717, 1.165) is 12.8 Å². The minimum Gasteiger partial charge on any atom is -0.327 e. The van der Waals surface area contributed by atoms with E-state index in [1.54, 1.807) is 0 Å². The van der Waals surface area contributed by atoms with Crippen LogP contribution in [0.3, 0.4) is 0 Å². The lowest BCUT2D eigenvalue weighted by Gasteiger charge is -2.26. The molecule has 0 aliphatic carbocycles. The lowest BCUT2D eigenvalue weighted by Crippen LogP contribution is -2.34. The Kier molecular flexibility index (Phi) is 4.81. The third-order valence-electron chi connectivity index (χ3n) is 2.68. The molecule has 0 amide bonds. The zero-order valence-electron chi connectivity index (χ0n) is 9.72. The Morgan fingerprint density at radius 1 is 1.40 bits per heavy atom. The van der Waals surface area contributed by atoms with Crippen molar-refractivity contribution >= 4 is 27.3 Å². The number of hydrogen-bond acceptors (Lipinski definition) is 2. The van der Waals surface area contributed by atoms with Gasteiger partial charge in [0.1, 0.15) is 0 Å². The van der Waals surface area contributed by atoms with E-state index in [4.69, 9.17) is 5.73 Å². The van der Waals surface area contributed by atoms with Crippen LogP contribution in [0.4, 0.5) is 0 Å². The number of nitrogens with two attached hydrogens (primary N) is 1. The maximum atomic E-state index is 6.11. The maximum Gasteiger partial charge on any atom is 0.0701 e. The molecule has 86 valence electrons. The van der Waals surface area contributed by atoms with Gasteiger partial charge in [0.05, 0.1) is 3.79 Å². The number of hydrogen-bond donors (Lipinski definition) is 1. The fourth-order valence-electron chi connectivity index (χ4n) is 1.42. The minimum atomic E-state index is 0.232. The van der Waals surface area contributed by atoms with Gasteiger partial charge in [-0.2, -0.15) is 0 Å². The average Bonchev–Trinajstić information content (AvgIpc) is 2.49. The lowest BCUT2D eigenvalue weighted by atomic mass is 9.84. The molecule has 0 aliphatic heterocycles. The smallest absolute Gasteiger partial charge is 0.0701 e. The first-order valence-electron chi connectivity index (χ1n) is 5.39. The summed E-state index contributed by atoms with van der Waals surface area (Å²) in [6.45, 7) is 6.62. The van der Waals surface area contributed by atoms with Crippen molar-refractivity contribution in [2.75, 3.05) is 0 Å². The highest BCUT2D eigenvalue weighted by Gasteiger charge is 2.19. The van der Waals surface area contributed by atoms with Crippen molar-refractivity contribution in [2.24, 2.45) is 11.1 Å². The highest BCUT2D eigenvalue weighted by atomic mass is 79.9. The molecule has 1 aromatic heterocycles. The third-order valence-corrected chi connectivity index (χ3v) is 4.36. The van der Waals surface area contributed by atoms with Crippen molar-refractivity contribution in [3.05, 3.63) is 20.8 Å². The second-order valence-electron chi connectivity index (χ2n) is 5.07. The van der Waals surface area contributed by atoms with Crippen LogP contribution in [-0.2, 0) is 6.42 Å². The van der Waals surface area contributed by atoms with Gasteiger partial charge in [-0.1, -0.05) is 20.8 Å². The molecule has 1 unspecified atom stereocenters. The van der Waals surface area contributed by atoms with Gasteiger partial charge in [0.25, 0.3) is 0 Å². The highest BCUT2D eigenvalue weighted by Crippen LogP contribution is 2.25. The van der Waals surface area contributed by atoms with Gasteiger partial charge >= 0.3 is 0 Å². The third kappa shape index (κ3) is 4.66. The van der Waals surface area contributed by atoms with Crippen LogP contribution in [0.15, 0.2) is 15.9 Å². The van der Waals surface area contributed by atoms with E-state index in [0.29, 0.717) is 6.04 Å². The summed E-state index contributed by atoms with van der Waals surface area (Å²) >= 11 is 5.30. The summed E-state index contributed by atoms with van der Waals surface area (Å²) in [5.74, 6) is 0. The van der Waals surface area contributed by atoms with Crippen LogP contribution in [0.5, 0.6) is 0 Å². The Balaban J connectivity index is 2.28. The van der Waals surface area contributed by atoms with Crippen LogP contribution in [-0.4, -0.2) is 6.04 Å². The second-order valence-corrected chi connectivity index (χ2v) is 7.62. The molecule has 0 bridgehead atoms. The first kappa shape index (κ1) is 13.2. The summed E-state index contributed by atoms with van der Waals surface area (Å²) in [4.78, 5) is 1.45. The van der Waals surface area contributed by atoms with Gasteiger partial charge in [-0.3, -0.25) is 0 Å². The molecule has 0 aliphatic rings. The Morgan fingerprint density at radius 3 is 2.53 bits per heavy atom. The van der Waals surface area contributed by atoms with Crippen molar-refractivity contribution in [2.45, 2.75) is 46.1 Å². The Labute approximate surface area is 105 Å². The molecule has 0 spiro atoms. The maximum absolute atomic E-state index is 6.11. The van der Waals surface area contributed by atoms with E-state index < -0.39 is 0 Å². The lowest BCUT2D eigenvalue weighted by molar-refractivity contribution is 0.301. The number of aryl methyl sites for hydroxylation is 1. The molecular weight excluding hydrogens is 270 g/mol. The number of thiophene rings is 1. The molecule has 1 heterocycles. The molecule has 2 N–H and O–H groups in total. The summed E-state index contributed by atoms with van der Waals surface area (Å²) in [5, 5.41) is 0. The zero-order valence-corrected chi connectivity index (χ0v) is 12.1. The molecule has 0 saturated carbocycles. The van der Waals surface area contributed by atoms with Gasteiger partial charge in [-0.15, -0.1) is 11.3 Å². The van der Waals surface area contributed by atoms with Crippen LogP contribution >= 0.6 is 27.3 Å². The zero-order chi connectivity index (χ0) is 11.5. The standard InChI is InChI=1S/C12H20BrNS/c1-12(2,3)10(14)6-4-5-9-7-8-11(13)15-9/h7-8,10H,4-6,14H2,1-3H3. The number of halogens is 1. The molecule has 1 atom stereocenters. The number of rotatable bonds is 4. The average molecular weight is 290 g/mol. The van der Waals surface area contributed by atoms with Crippen LogP contribution < -0.4 is 5.73 Å². The Morgan fingerprint density at radius 2 is 2.07 bits per heavy atom.